The van der Waals surface area contributed by atoms with Gasteiger partial charge in [-0.05, 0) is 36.8 Å². The summed E-state index contributed by atoms with van der Waals surface area (Å²) in [5.41, 5.74) is -0.0193. The third-order valence-electron chi connectivity index (χ3n) is 4.16. The fourth-order valence-corrected chi connectivity index (χ4v) is 2.70. The Labute approximate surface area is 152 Å². The Hall–Kier alpha value is -3.16. The Kier molecular flexibility index (Phi) is 4.98. The number of carbonyl (C=O) groups is 1. The number of benzene rings is 2. The summed E-state index contributed by atoms with van der Waals surface area (Å²) < 4.78 is 39.0. The van der Waals surface area contributed by atoms with Crippen LogP contribution in [0.25, 0.3) is 10.9 Å². The number of carbonyl (C=O) groups excluding carboxylic acids is 1. The molecule has 140 valence electrons. The minimum Gasteiger partial charge on any atom is -0.348 e. The van der Waals surface area contributed by atoms with Crippen molar-refractivity contribution in [2.75, 3.05) is 0 Å². The first-order valence-corrected chi connectivity index (χ1v) is 8.16. The topological polar surface area (TPSA) is 64.0 Å². The molecular weight excluding hydrogens is 359 g/mol. The fourth-order valence-electron chi connectivity index (χ4n) is 2.70. The Morgan fingerprint density at radius 3 is 2.48 bits per heavy atom. The lowest BCUT2D eigenvalue weighted by Gasteiger charge is -2.16. The standard InChI is InChI=1S/C19H16F3N3O2/c1-12(13-6-8-14(9-7-13)19(20,21)22)24-17(26)10-25-11-23-16-5-3-2-4-15(16)18(25)27/h2-9,11-12H,10H2,1H3,(H,24,26)/t12-/m1/s1. The van der Waals surface area contributed by atoms with Crippen LogP contribution in [0.5, 0.6) is 0 Å². The predicted molar refractivity (Wildman–Crippen MR) is 94.0 cm³/mol. The van der Waals surface area contributed by atoms with Crippen LogP contribution in [0.4, 0.5) is 13.2 Å². The van der Waals surface area contributed by atoms with Gasteiger partial charge in [-0.2, -0.15) is 13.2 Å². The molecule has 0 aliphatic carbocycles. The second-order valence-corrected chi connectivity index (χ2v) is 6.10. The average Bonchev–Trinajstić information content (AvgIpc) is 2.63. The number of amides is 1. The number of nitrogens with zero attached hydrogens (tertiary/aromatic N) is 2. The zero-order valence-corrected chi connectivity index (χ0v) is 14.3. The maximum atomic E-state index is 12.6. The van der Waals surface area contributed by atoms with E-state index in [1.807, 2.05) is 0 Å². The molecule has 0 aliphatic rings. The van der Waals surface area contributed by atoms with Gasteiger partial charge >= 0.3 is 6.18 Å². The molecule has 1 aromatic heterocycles. The van der Waals surface area contributed by atoms with E-state index < -0.39 is 23.7 Å². The van der Waals surface area contributed by atoms with E-state index >= 15 is 0 Å². The van der Waals surface area contributed by atoms with Crippen LogP contribution in [-0.2, 0) is 17.5 Å². The smallest absolute Gasteiger partial charge is 0.348 e. The van der Waals surface area contributed by atoms with Gasteiger partial charge in [0.25, 0.3) is 5.56 Å². The molecule has 0 radical (unpaired) electrons. The van der Waals surface area contributed by atoms with Crippen molar-refractivity contribution in [3.63, 3.8) is 0 Å². The SMILES string of the molecule is C[C@@H](NC(=O)Cn1cnc2ccccc2c1=O)c1ccc(C(F)(F)F)cc1. The minimum atomic E-state index is -4.41. The first kappa shape index (κ1) is 18.6. The second kappa shape index (κ2) is 7.22. The van der Waals surface area contributed by atoms with Crippen LogP contribution in [-0.4, -0.2) is 15.5 Å². The number of para-hydroxylation sites is 1. The van der Waals surface area contributed by atoms with E-state index in [9.17, 15) is 22.8 Å². The van der Waals surface area contributed by atoms with Crippen molar-refractivity contribution < 1.29 is 18.0 Å². The Morgan fingerprint density at radius 2 is 1.81 bits per heavy atom. The highest BCUT2D eigenvalue weighted by Gasteiger charge is 2.30. The molecule has 0 saturated carbocycles. The van der Waals surface area contributed by atoms with Crippen LogP contribution >= 0.6 is 0 Å². The molecule has 0 fully saturated rings. The summed E-state index contributed by atoms with van der Waals surface area (Å²) in [5, 5.41) is 3.08. The summed E-state index contributed by atoms with van der Waals surface area (Å²) >= 11 is 0. The van der Waals surface area contributed by atoms with E-state index in [-0.39, 0.29) is 12.1 Å². The number of nitrogens with one attached hydrogen (secondary N) is 1. The predicted octanol–water partition coefficient (Wildman–Crippen LogP) is 3.29. The normalized spacial score (nSPS) is 12.7. The van der Waals surface area contributed by atoms with Crippen LogP contribution in [0.3, 0.4) is 0 Å². The zero-order valence-electron chi connectivity index (χ0n) is 14.3. The van der Waals surface area contributed by atoms with Crippen molar-refractivity contribution in [1.82, 2.24) is 14.9 Å². The van der Waals surface area contributed by atoms with Gasteiger partial charge in [-0.15, -0.1) is 0 Å². The van der Waals surface area contributed by atoms with Gasteiger partial charge in [-0.3, -0.25) is 14.2 Å². The van der Waals surface area contributed by atoms with Crippen molar-refractivity contribution >= 4 is 16.8 Å². The van der Waals surface area contributed by atoms with Crippen LogP contribution in [0.15, 0.2) is 59.7 Å². The van der Waals surface area contributed by atoms with Gasteiger partial charge in [0.05, 0.1) is 28.8 Å². The van der Waals surface area contributed by atoms with Crippen molar-refractivity contribution in [1.29, 1.82) is 0 Å². The summed E-state index contributed by atoms with van der Waals surface area (Å²) in [6.45, 7) is 1.42. The summed E-state index contributed by atoms with van der Waals surface area (Å²) in [4.78, 5) is 28.8. The van der Waals surface area contributed by atoms with Crippen LogP contribution in [0, 0.1) is 0 Å². The van der Waals surface area contributed by atoms with Crippen molar-refractivity contribution in [3.8, 4) is 0 Å². The molecule has 1 N–H and O–H groups in total. The highest BCUT2D eigenvalue weighted by Crippen LogP contribution is 2.29. The van der Waals surface area contributed by atoms with E-state index in [2.05, 4.69) is 10.3 Å². The number of alkyl halides is 3. The molecule has 0 aliphatic heterocycles. The largest absolute Gasteiger partial charge is 0.416 e. The highest BCUT2D eigenvalue weighted by molar-refractivity contribution is 5.79. The number of hydrogen-bond acceptors (Lipinski definition) is 3. The van der Waals surface area contributed by atoms with Gasteiger partial charge in [-0.25, -0.2) is 4.98 Å². The molecule has 3 aromatic rings. The first-order chi connectivity index (χ1) is 12.8. The quantitative estimate of drug-likeness (QED) is 0.761. The molecule has 1 amide bonds. The van der Waals surface area contributed by atoms with E-state index in [1.54, 1.807) is 31.2 Å². The summed E-state index contributed by atoms with van der Waals surface area (Å²) in [6.07, 6.45) is -3.11. The van der Waals surface area contributed by atoms with Gasteiger partial charge in [-0.1, -0.05) is 24.3 Å². The van der Waals surface area contributed by atoms with Crippen molar-refractivity contribution in [2.24, 2.45) is 0 Å². The van der Waals surface area contributed by atoms with E-state index in [1.165, 1.54) is 23.0 Å². The lowest BCUT2D eigenvalue weighted by molar-refractivity contribution is -0.137. The third-order valence-corrected chi connectivity index (χ3v) is 4.16. The van der Waals surface area contributed by atoms with Gasteiger partial charge in [0.2, 0.25) is 5.91 Å². The van der Waals surface area contributed by atoms with Gasteiger partial charge in [0, 0.05) is 0 Å². The number of aromatic nitrogens is 2. The third kappa shape index (κ3) is 4.16. The van der Waals surface area contributed by atoms with Crippen LogP contribution in [0.1, 0.15) is 24.1 Å². The molecule has 2 aromatic carbocycles. The van der Waals surface area contributed by atoms with Gasteiger partial charge in [0.1, 0.15) is 6.54 Å². The first-order valence-electron chi connectivity index (χ1n) is 8.16. The Bertz CT molecular complexity index is 1030. The maximum absolute atomic E-state index is 12.6. The lowest BCUT2D eigenvalue weighted by atomic mass is 10.1. The van der Waals surface area contributed by atoms with Crippen LogP contribution in [0.2, 0.25) is 0 Å². The van der Waals surface area contributed by atoms with Crippen molar-refractivity contribution in [2.45, 2.75) is 25.7 Å². The molecule has 5 nitrogen and oxygen atoms in total. The van der Waals surface area contributed by atoms with E-state index in [0.29, 0.717) is 16.5 Å². The molecule has 3 rings (SSSR count). The monoisotopic (exact) mass is 375 g/mol. The molecule has 0 spiro atoms. The molecule has 1 atom stereocenters. The minimum absolute atomic E-state index is 0.234. The molecular formula is C19H16F3N3O2. The lowest BCUT2D eigenvalue weighted by Crippen LogP contribution is -2.34. The van der Waals surface area contributed by atoms with Crippen LogP contribution < -0.4 is 10.9 Å². The second-order valence-electron chi connectivity index (χ2n) is 6.10. The summed E-state index contributed by atoms with van der Waals surface area (Å²) in [5.74, 6) is -0.443. The molecule has 1 heterocycles. The zero-order chi connectivity index (χ0) is 19.6. The number of halogens is 3. The fraction of sp³-hybridized carbons (Fsp3) is 0.211. The summed E-state index contributed by atoms with van der Waals surface area (Å²) in [6, 6.07) is 10.9. The summed E-state index contributed by atoms with van der Waals surface area (Å²) in [7, 11) is 0. The van der Waals surface area contributed by atoms with Gasteiger partial charge in [0.15, 0.2) is 0 Å². The Morgan fingerprint density at radius 1 is 1.15 bits per heavy atom. The highest BCUT2D eigenvalue weighted by atomic mass is 19.4. The molecule has 0 bridgehead atoms. The van der Waals surface area contributed by atoms with Crippen molar-refractivity contribution in [3.05, 3.63) is 76.3 Å². The molecule has 8 heteroatoms. The number of fused-ring (bicyclic) bond motifs is 1. The number of hydrogen-bond donors (Lipinski definition) is 1. The molecule has 0 saturated heterocycles. The van der Waals surface area contributed by atoms with E-state index in [0.717, 1.165) is 12.1 Å². The number of rotatable bonds is 4. The Balaban J connectivity index is 1.70. The molecule has 27 heavy (non-hydrogen) atoms. The molecule has 0 unspecified atom stereocenters. The van der Waals surface area contributed by atoms with E-state index in [4.69, 9.17) is 0 Å². The van der Waals surface area contributed by atoms with Gasteiger partial charge < -0.3 is 5.32 Å². The average molecular weight is 375 g/mol. The maximum Gasteiger partial charge on any atom is 0.416 e.